The fraction of sp³-hybridized carbons (Fsp3) is 0.455. The van der Waals surface area contributed by atoms with Crippen LogP contribution < -0.4 is 61.2 Å². The van der Waals surface area contributed by atoms with Crippen molar-refractivity contribution in [1.29, 1.82) is 0 Å². The number of hydrogen-bond donors (Lipinski definition) is 1. The summed E-state index contributed by atoms with van der Waals surface area (Å²) >= 11 is 0. The van der Waals surface area contributed by atoms with Crippen molar-refractivity contribution >= 4 is 10.1 Å². The Balaban J connectivity index is 0.00000420. The first-order valence-electron chi connectivity index (χ1n) is 9.95. The predicted octanol–water partition coefficient (Wildman–Crippen LogP) is 2.49. The minimum atomic E-state index is -4.24. The summed E-state index contributed by atoms with van der Waals surface area (Å²) in [6, 6.07) is 10.4. The molecule has 1 N–H and O–H groups in total. The number of unbranched alkanes of at least 4 members (excludes halogenated alkanes) is 7. The zero-order chi connectivity index (χ0) is 20.4. The van der Waals surface area contributed by atoms with Gasteiger partial charge in [-0.1, -0.05) is 69.8 Å². The van der Waals surface area contributed by atoms with Gasteiger partial charge in [0.15, 0.2) is 0 Å². The van der Waals surface area contributed by atoms with Gasteiger partial charge >= 0.3 is 51.4 Å². The fourth-order valence-corrected chi connectivity index (χ4v) is 3.54. The Morgan fingerprint density at radius 1 is 0.897 bits per heavy atom. The monoisotopic (exact) mass is 444 g/mol. The summed E-state index contributed by atoms with van der Waals surface area (Å²) in [4.78, 5) is -0.220. The van der Waals surface area contributed by atoms with Crippen LogP contribution in [0.15, 0.2) is 47.4 Å². The minimum Gasteiger partial charge on any atom is -0.870 e. The van der Waals surface area contributed by atoms with Crippen LogP contribution in [0.2, 0.25) is 0 Å². The maximum atomic E-state index is 12.2. The van der Waals surface area contributed by atoms with E-state index < -0.39 is 10.1 Å². The third-order valence-electron chi connectivity index (χ3n) is 4.68. The van der Waals surface area contributed by atoms with Crippen molar-refractivity contribution in [3.8, 4) is 17.2 Å². The second-order valence-corrected chi connectivity index (χ2v) is 8.48. The Morgan fingerprint density at radius 2 is 1.48 bits per heavy atom. The third-order valence-corrected chi connectivity index (χ3v) is 5.54. The maximum absolute atomic E-state index is 12.2. The van der Waals surface area contributed by atoms with E-state index in [0.717, 1.165) is 18.4 Å². The molecule has 0 aliphatic rings. The Morgan fingerprint density at radius 3 is 2.03 bits per heavy atom. The second-order valence-electron chi connectivity index (χ2n) is 7.05. The molecule has 0 amide bonds. The predicted molar refractivity (Wildman–Crippen MR) is 109 cm³/mol. The standard InChI is InChI=1S/C22H30O5S.K/c1-2-3-4-5-6-7-8-9-10-18-11-16-22(21(23)17-18)27-19-12-14-20(15-13-19)28(24,25)26;/h11-17,23H,2-10H2,1H3,(H,24,25,26);/q;+1/p-1. The van der Waals surface area contributed by atoms with Gasteiger partial charge in [0.05, 0.1) is 4.90 Å². The van der Waals surface area contributed by atoms with E-state index in [2.05, 4.69) is 6.92 Å². The van der Waals surface area contributed by atoms with E-state index in [1.807, 2.05) is 6.07 Å². The molecule has 2 aromatic rings. The van der Waals surface area contributed by atoms with Crippen LogP contribution in [0.25, 0.3) is 0 Å². The average Bonchev–Trinajstić information content (AvgIpc) is 2.66. The Bertz CT molecular complexity index is 835. The molecule has 0 saturated heterocycles. The summed E-state index contributed by atoms with van der Waals surface area (Å²) in [5.41, 5.74) is 1.00. The van der Waals surface area contributed by atoms with Gasteiger partial charge in [-0.25, -0.2) is 0 Å². The Kier molecular flexibility index (Phi) is 12.7. The molecule has 0 heterocycles. The Labute approximate surface area is 217 Å². The molecule has 0 atom stereocenters. The molecule has 0 fully saturated rings. The van der Waals surface area contributed by atoms with Crippen molar-refractivity contribution in [3.05, 3.63) is 48.0 Å². The molecule has 0 radical (unpaired) electrons. The fourth-order valence-electron chi connectivity index (χ4n) is 3.06. The number of ether oxygens (including phenoxy) is 1. The molecular weight excluding hydrogens is 415 g/mol. The van der Waals surface area contributed by atoms with Gasteiger partial charge in [0.25, 0.3) is 10.1 Å². The molecule has 0 aliphatic carbocycles. The van der Waals surface area contributed by atoms with Gasteiger partial charge in [0.1, 0.15) is 11.5 Å². The van der Waals surface area contributed by atoms with Crippen molar-refractivity contribution in [2.75, 3.05) is 0 Å². The molecule has 29 heavy (non-hydrogen) atoms. The van der Waals surface area contributed by atoms with Crippen LogP contribution in [-0.4, -0.2) is 13.0 Å². The van der Waals surface area contributed by atoms with Crippen molar-refractivity contribution in [2.24, 2.45) is 0 Å². The van der Waals surface area contributed by atoms with Crippen molar-refractivity contribution < 1.29 is 74.2 Å². The molecule has 0 spiro atoms. The van der Waals surface area contributed by atoms with E-state index in [4.69, 9.17) is 9.29 Å². The summed E-state index contributed by atoms with van der Waals surface area (Å²) in [6.07, 6.45) is 10.9. The van der Waals surface area contributed by atoms with Gasteiger partial charge in [-0.3, -0.25) is 4.55 Å². The van der Waals surface area contributed by atoms with Crippen LogP contribution in [0.3, 0.4) is 0 Å². The zero-order valence-corrected chi connectivity index (χ0v) is 21.3. The van der Waals surface area contributed by atoms with E-state index >= 15 is 0 Å². The number of rotatable bonds is 12. The number of benzene rings is 2. The summed E-state index contributed by atoms with van der Waals surface area (Å²) < 4.78 is 36.6. The molecule has 154 valence electrons. The van der Waals surface area contributed by atoms with Crippen molar-refractivity contribution in [3.63, 3.8) is 0 Å². The first-order chi connectivity index (χ1) is 13.4. The normalized spacial score (nSPS) is 11.1. The van der Waals surface area contributed by atoms with Crippen LogP contribution in [0.1, 0.15) is 63.9 Å². The van der Waals surface area contributed by atoms with Crippen LogP contribution in [-0.2, 0) is 16.5 Å². The minimum absolute atomic E-state index is 0. The molecule has 0 saturated carbocycles. The molecule has 0 bridgehead atoms. The molecule has 0 unspecified atom stereocenters. The van der Waals surface area contributed by atoms with Gasteiger partial charge in [-0.2, -0.15) is 8.42 Å². The molecule has 0 aliphatic heterocycles. The topological polar surface area (TPSA) is 86.7 Å². The van der Waals surface area contributed by atoms with E-state index in [-0.39, 0.29) is 67.8 Å². The van der Waals surface area contributed by atoms with Crippen molar-refractivity contribution in [1.82, 2.24) is 0 Å². The first kappa shape index (κ1) is 26.6. The molecular formula is C22H29KO5S. The van der Waals surface area contributed by atoms with E-state index in [1.54, 1.807) is 12.1 Å². The van der Waals surface area contributed by atoms with E-state index in [1.165, 1.54) is 69.2 Å². The average molecular weight is 445 g/mol. The maximum Gasteiger partial charge on any atom is 1.00 e. The summed E-state index contributed by atoms with van der Waals surface area (Å²) in [7, 11) is -4.24. The molecule has 5 nitrogen and oxygen atoms in total. The van der Waals surface area contributed by atoms with E-state index in [0.29, 0.717) is 5.75 Å². The van der Waals surface area contributed by atoms with Gasteiger partial charge in [-0.15, -0.1) is 0 Å². The van der Waals surface area contributed by atoms with Gasteiger partial charge < -0.3 is 9.84 Å². The number of hydrogen-bond acceptors (Lipinski definition) is 4. The summed E-state index contributed by atoms with van der Waals surface area (Å²) in [5, 5.41) is 12.2. The summed E-state index contributed by atoms with van der Waals surface area (Å²) in [6.45, 7) is 2.22. The van der Waals surface area contributed by atoms with E-state index in [9.17, 15) is 13.5 Å². The summed E-state index contributed by atoms with van der Waals surface area (Å²) in [5.74, 6) is 0.329. The molecule has 0 aromatic heterocycles. The van der Waals surface area contributed by atoms with Gasteiger partial charge in [0.2, 0.25) is 0 Å². The van der Waals surface area contributed by atoms with Crippen LogP contribution >= 0.6 is 0 Å². The van der Waals surface area contributed by atoms with Gasteiger partial charge in [-0.05, 0) is 48.7 Å². The Hall–Kier alpha value is -0.414. The molecule has 7 heteroatoms. The third kappa shape index (κ3) is 9.96. The SMILES string of the molecule is CCCCCCCCCCc1ccc(Oc2ccc(S(=O)(=O)O)cc2)c([O-])c1.[K+]. The molecule has 2 aromatic carbocycles. The molecule has 2 rings (SSSR count). The van der Waals surface area contributed by atoms with Crippen LogP contribution in [0.4, 0.5) is 0 Å². The largest absolute Gasteiger partial charge is 1.00 e. The quantitative estimate of drug-likeness (QED) is 0.309. The van der Waals surface area contributed by atoms with Gasteiger partial charge in [0, 0.05) is 0 Å². The smallest absolute Gasteiger partial charge is 0.870 e. The van der Waals surface area contributed by atoms with Crippen LogP contribution in [0.5, 0.6) is 17.2 Å². The van der Waals surface area contributed by atoms with Crippen LogP contribution in [0, 0.1) is 0 Å². The number of aryl methyl sites for hydroxylation is 1. The zero-order valence-electron chi connectivity index (χ0n) is 17.4. The van der Waals surface area contributed by atoms with Crippen molar-refractivity contribution in [2.45, 2.75) is 69.6 Å². The second kappa shape index (κ2) is 13.8. The first-order valence-corrected chi connectivity index (χ1v) is 11.4.